The van der Waals surface area contributed by atoms with Crippen LogP contribution in [-0.4, -0.2) is 32.8 Å². The number of hydrogen-bond donors (Lipinski definition) is 1. The van der Waals surface area contributed by atoms with Crippen molar-refractivity contribution in [2.75, 3.05) is 6.54 Å². The number of amides is 1. The van der Waals surface area contributed by atoms with Gasteiger partial charge in [-0.25, -0.2) is 4.52 Å². The molecule has 0 radical (unpaired) electrons. The lowest BCUT2D eigenvalue weighted by Gasteiger charge is -2.00. The predicted octanol–water partition coefficient (Wildman–Crippen LogP) is 0.0481. The third kappa shape index (κ3) is 1.90. The molecule has 0 saturated heterocycles. The number of nitrogens with one attached hydrogen (secondary N) is 1. The van der Waals surface area contributed by atoms with Crippen molar-refractivity contribution in [2.45, 2.75) is 6.92 Å². The van der Waals surface area contributed by atoms with Crippen molar-refractivity contribution in [2.24, 2.45) is 0 Å². The summed E-state index contributed by atoms with van der Waals surface area (Å²) in [6, 6.07) is 0. The van der Waals surface area contributed by atoms with E-state index >= 15 is 0 Å². The van der Waals surface area contributed by atoms with Crippen LogP contribution in [-0.2, 0) is 4.79 Å². The fourth-order valence-corrected chi connectivity index (χ4v) is 1.31. The minimum absolute atomic E-state index is 0.0242. The van der Waals surface area contributed by atoms with Gasteiger partial charge in [-0.05, 0) is 6.92 Å². The Hall–Kier alpha value is -2.24. The molecule has 2 heterocycles. The SMILES string of the molecule is CC(=O)CNC(=O)c1cnn2ccncc12. The van der Waals surface area contributed by atoms with Crippen LogP contribution in [0.1, 0.15) is 17.3 Å². The zero-order chi connectivity index (χ0) is 11.5. The predicted molar refractivity (Wildman–Crippen MR) is 56.0 cm³/mol. The third-order valence-corrected chi connectivity index (χ3v) is 2.07. The van der Waals surface area contributed by atoms with Gasteiger partial charge in [0.25, 0.3) is 5.91 Å². The minimum Gasteiger partial charge on any atom is -0.345 e. The van der Waals surface area contributed by atoms with E-state index in [1.54, 1.807) is 23.1 Å². The number of carbonyl (C=O) groups is 2. The van der Waals surface area contributed by atoms with E-state index in [4.69, 9.17) is 0 Å². The molecule has 0 fully saturated rings. The van der Waals surface area contributed by atoms with Crippen LogP contribution >= 0.6 is 0 Å². The highest BCUT2D eigenvalue weighted by atomic mass is 16.2. The standard InChI is InChI=1S/C10H10N4O2/c1-7(15)4-12-10(16)8-5-13-14-3-2-11-6-9(8)14/h2-3,5-6H,4H2,1H3,(H,12,16). The van der Waals surface area contributed by atoms with Crippen LogP contribution in [0.3, 0.4) is 0 Å². The maximum atomic E-state index is 11.7. The number of fused-ring (bicyclic) bond motifs is 1. The molecule has 6 heteroatoms. The lowest BCUT2D eigenvalue weighted by molar-refractivity contribution is -0.116. The second-order valence-corrected chi connectivity index (χ2v) is 3.35. The van der Waals surface area contributed by atoms with E-state index in [-0.39, 0.29) is 18.2 Å². The molecule has 0 bridgehead atoms. The lowest BCUT2D eigenvalue weighted by Crippen LogP contribution is -2.28. The lowest BCUT2D eigenvalue weighted by atomic mass is 10.2. The van der Waals surface area contributed by atoms with Gasteiger partial charge in [0, 0.05) is 12.4 Å². The molecule has 0 aromatic carbocycles. The Kier molecular flexibility index (Phi) is 2.63. The molecule has 0 unspecified atom stereocenters. The fraction of sp³-hybridized carbons (Fsp3) is 0.200. The van der Waals surface area contributed by atoms with E-state index in [1.165, 1.54) is 13.1 Å². The van der Waals surface area contributed by atoms with Crippen LogP contribution < -0.4 is 5.32 Å². The second kappa shape index (κ2) is 4.09. The van der Waals surface area contributed by atoms with Crippen LogP contribution in [0.2, 0.25) is 0 Å². The summed E-state index contributed by atoms with van der Waals surface area (Å²) in [5.74, 6) is -0.416. The van der Waals surface area contributed by atoms with E-state index in [2.05, 4.69) is 15.4 Å². The van der Waals surface area contributed by atoms with Crippen LogP contribution in [0, 0.1) is 0 Å². The van der Waals surface area contributed by atoms with E-state index in [9.17, 15) is 9.59 Å². The molecule has 0 aliphatic carbocycles. The average Bonchev–Trinajstić information content (AvgIpc) is 2.69. The number of carbonyl (C=O) groups excluding carboxylic acids is 2. The summed E-state index contributed by atoms with van der Waals surface area (Å²) in [6.45, 7) is 1.44. The molecule has 0 atom stereocenters. The van der Waals surface area contributed by atoms with Gasteiger partial charge in [-0.1, -0.05) is 0 Å². The summed E-state index contributed by atoms with van der Waals surface area (Å²) < 4.78 is 1.55. The molecule has 16 heavy (non-hydrogen) atoms. The van der Waals surface area contributed by atoms with E-state index < -0.39 is 0 Å². The van der Waals surface area contributed by atoms with Gasteiger partial charge in [0.15, 0.2) is 0 Å². The molecule has 2 aromatic rings. The van der Waals surface area contributed by atoms with Crippen molar-refractivity contribution in [3.8, 4) is 0 Å². The highest BCUT2D eigenvalue weighted by Crippen LogP contribution is 2.07. The molecule has 0 aliphatic rings. The number of rotatable bonds is 3. The van der Waals surface area contributed by atoms with Crippen molar-refractivity contribution in [3.63, 3.8) is 0 Å². The first-order valence-corrected chi connectivity index (χ1v) is 4.73. The Balaban J connectivity index is 2.26. The molecule has 1 amide bonds. The number of Topliss-reactive ketones (excluding diaryl/α,β-unsaturated/α-hetero) is 1. The smallest absolute Gasteiger partial charge is 0.255 e. The van der Waals surface area contributed by atoms with Gasteiger partial charge in [-0.15, -0.1) is 0 Å². The Bertz CT molecular complexity index is 546. The van der Waals surface area contributed by atoms with Crippen molar-refractivity contribution >= 4 is 17.2 Å². The quantitative estimate of drug-likeness (QED) is 0.789. The summed E-state index contributed by atoms with van der Waals surface area (Å²) in [7, 11) is 0. The van der Waals surface area contributed by atoms with Gasteiger partial charge in [-0.2, -0.15) is 5.10 Å². The van der Waals surface area contributed by atoms with Gasteiger partial charge in [0.05, 0.1) is 30.0 Å². The Morgan fingerprint density at radius 3 is 3.00 bits per heavy atom. The molecule has 82 valence electrons. The normalized spacial score (nSPS) is 10.3. The minimum atomic E-state index is -0.321. The van der Waals surface area contributed by atoms with Gasteiger partial charge in [-0.3, -0.25) is 14.6 Å². The Morgan fingerprint density at radius 1 is 1.44 bits per heavy atom. The van der Waals surface area contributed by atoms with E-state index in [0.717, 1.165) is 0 Å². The molecule has 2 aromatic heterocycles. The van der Waals surface area contributed by atoms with Gasteiger partial charge in [0.2, 0.25) is 0 Å². The molecular formula is C10H10N4O2. The largest absolute Gasteiger partial charge is 0.345 e. The Labute approximate surface area is 91.3 Å². The number of aromatic nitrogens is 3. The maximum absolute atomic E-state index is 11.7. The van der Waals surface area contributed by atoms with Gasteiger partial charge < -0.3 is 5.32 Å². The van der Waals surface area contributed by atoms with Crippen LogP contribution in [0.15, 0.2) is 24.8 Å². The maximum Gasteiger partial charge on any atom is 0.255 e. The summed E-state index contributed by atoms with van der Waals surface area (Å²) in [4.78, 5) is 26.3. The zero-order valence-corrected chi connectivity index (χ0v) is 8.67. The van der Waals surface area contributed by atoms with Crippen LogP contribution in [0.5, 0.6) is 0 Å². The highest BCUT2D eigenvalue weighted by molar-refractivity contribution is 6.01. The summed E-state index contributed by atoms with van der Waals surface area (Å²) in [5.41, 5.74) is 1.03. The van der Waals surface area contributed by atoms with Crippen molar-refractivity contribution < 1.29 is 9.59 Å². The average molecular weight is 218 g/mol. The molecule has 0 aliphatic heterocycles. The first-order valence-electron chi connectivity index (χ1n) is 4.73. The number of ketones is 1. The summed E-state index contributed by atoms with van der Waals surface area (Å²) >= 11 is 0. The molecule has 2 rings (SSSR count). The van der Waals surface area contributed by atoms with Crippen molar-refractivity contribution in [3.05, 3.63) is 30.4 Å². The molecule has 0 spiro atoms. The van der Waals surface area contributed by atoms with Gasteiger partial charge in [0.1, 0.15) is 5.78 Å². The molecule has 1 N–H and O–H groups in total. The van der Waals surface area contributed by atoms with Crippen molar-refractivity contribution in [1.29, 1.82) is 0 Å². The monoisotopic (exact) mass is 218 g/mol. The topological polar surface area (TPSA) is 76.4 Å². The number of nitrogens with zero attached hydrogens (tertiary/aromatic N) is 3. The van der Waals surface area contributed by atoms with Crippen LogP contribution in [0.4, 0.5) is 0 Å². The first-order chi connectivity index (χ1) is 7.68. The van der Waals surface area contributed by atoms with E-state index in [1.807, 2.05) is 0 Å². The molecule has 6 nitrogen and oxygen atoms in total. The highest BCUT2D eigenvalue weighted by Gasteiger charge is 2.12. The third-order valence-electron chi connectivity index (χ3n) is 2.07. The Morgan fingerprint density at radius 2 is 2.25 bits per heavy atom. The van der Waals surface area contributed by atoms with E-state index in [0.29, 0.717) is 11.1 Å². The summed E-state index contributed by atoms with van der Waals surface area (Å²) in [6.07, 6.45) is 6.23. The first kappa shape index (κ1) is 10.3. The molecule has 0 saturated carbocycles. The zero-order valence-electron chi connectivity index (χ0n) is 8.67. The van der Waals surface area contributed by atoms with Crippen molar-refractivity contribution in [1.82, 2.24) is 19.9 Å². The summed E-state index contributed by atoms with van der Waals surface area (Å²) in [5, 5.41) is 6.50. The molecular weight excluding hydrogens is 208 g/mol. The fourth-order valence-electron chi connectivity index (χ4n) is 1.31. The number of hydrogen-bond acceptors (Lipinski definition) is 4. The van der Waals surface area contributed by atoms with Gasteiger partial charge >= 0.3 is 0 Å². The second-order valence-electron chi connectivity index (χ2n) is 3.35. The van der Waals surface area contributed by atoms with Crippen LogP contribution in [0.25, 0.3) is 5.52 Å².